The molecule has 34 heavy (non-hydrogen) atoms. The van der Waals surface area contributed by atoms with Crippen LogP contribution in [0.2, 0.25) is 5.02 Å². The van der Waals surface area contributed by atoms with Gasteiger partial charge in [0.1, 0.15) is 0 Å². The number of hydrogen-bond acceptors (Lipinski definition) is 5. The van der Waals surface area contributed by atoms with Crippen molar-refractivity contribution in [2.24, 2.45) is 5.92 Å². The van der Waals surface area contributed by atoms with Gasteiger partial charge in [-0.1, -0.05) is 35.9 Å². The van der Waals surface area contributed by atoms with Crippen LogP contribution >= 0.6 is 11.6 Å². The number of rotatable bonds is 7. The number of carbonyl (C=O) groups is 1. The summed E-state index contributed by atoms with van der Waals surface area (Å²) in [6.07, 6.45) is 4.40. The average molecular weight is 478 g/mol. The van der Waals surface area contributed by atoms with E-state index < -0.39 is 0 Å². The largest absolute Gasteiger partial charge is 0.454 e. The molecule has 2 aromatic carbocycles. The van der Waals surface area contributed by atoms with Gasteiger partial charge in [0, 0.05) is 23.7 Å². The molecule has 7 heteroatoms. The highest BCUT2D eigenvalue weighted by Gasteiger charge is 2.28. The maximum Gasteiger partial charge on any atom is 0.231 e. The SMILES string of the molecule is O=C(NC(c1ccc(Cl)cc1)c1ccccn1)C1CCN(CCc2ccc3c(c2)OCO3)CC1. The highest BCUT2D eigenvalue weighted by molar-refractivity contribution is 6.30. The van der Waals surface area contributed by atoms with Crippen LogP contribution in [0.15, 0.2) is 66.9 Å². The van der Waals surface area contributed by atoms with Crippen molar-refractivity contribution in [2.45, 2.75) is 25.3 Å². The molecule has 1 atom stereocenters. The number of benzene rings is 2. The predicted octanol–water partition coefficient (Wildman–Crippen LogP) is 4.62. The first-order chi connectivity index (χ1) is 16.7. The van der Waals surface area contributed by atoms with Crippen molar-refractivity contribution in [2.75, 3.05) is 26.4 Å². The van der Waals surface area contributed by atoms with Crippen LogP contribution < -0.4 is 14.8 Å². The molecule has 6 nitrogen and oxygen atoms in total. The van der Waals surface area contributed by atoms with Gasteiger partial charge in [0.25, 0.3) is 0 Å². The Morgan fingerprint density at radius 1 is 1.06 bits per heavy atom. The number of ether oxygens (including phenoxy) is 2. The third kappa shape index (κ3) is 5.34. The molecule has 2 aliphatic heterocycles. The third-order valence-corrected chi connectivity index (χ3v) is 6.84. The van der Waals surface area contributed by atoms with Gasteiger partial charge in [-0.15, -0.1) is 0 Å². The first-order valence-corrected chi connectivity index (χ1v) is 12.1. The molecular formula is C27H28ClN3O3. The van der Waals surface area contributed by atoms with Crippen molar-refractivity contribution >= 4 is 17.5 Å². The molecule has 3 aromatic rings. The molecule has 1 aromatic heterocycles. The number of piperidine rings is 1. The molecule has 0 saturated carbocycles. The molecule has 0 spiro atoms. The van der Waals surface area contributed by atoms with Crippen molar-refractivity contribution in [3.05, 3.63) is 88.7 Å². The van der Waals surface area contributed by atoms with E-state index in [4.69, 9.17) is 21.1 Å². The Bertz CT molecular complexity index is 1120. The van der Waals surface area contributed by atoms with Crippen molar-refractivity contribution in [3.63, 3.8) is 0 Å². The summed E-state index contributed by atoms with van der Waals surface area (Å²) in [6, 6.07) is 19.2. The minimum atomic E-state index is -0.296. The van der Waals surface area contributed by atoms with Gasteiger partial charge in [-0.2, -0.15) is 0 Å². The van der Waals surface area contributed by atoms with E-state index in [9.17, 15) is 4.79 Å². The quantitative estimate of drug-likeness (QED) is 0.537. The van der Waals surface area contributed by atoms with E-state index in [1.54, 1.807) is 6.20 Å². The summed E-state index contributed by atoms with van der Waals surface area (Å²) in [5.74, 6) is 1.73. The summed E-state index contributed by atoms with van der Waals surface area (Å²) in [5.41, 5.74) is 3.03. The number of aromatic nitrogens is 1. The zero-order valence-electron chi connectivity index (χ0n) is 19.0. The average Bonchev–Trinajstić information content (AvgIpc) is 3.35. The molecule has 2 aliphatic rings. The monoisotopic (exact) mass is 477 g/mol. The Hall–Kier alpha value is -3.09. The lowest BCUT2D eigenvalue weighted by molar-refractivity contribution is -0.127. The molecular weight excluding hydrogens is 450 g/mol. The molecule has 5 rings (SSSR count). The number of halogens is 1. The van der Waals surface area contributed by atoms with Crippen molar-refractivity contribution < 1.29 is 14.3 Å². The smallest absolute Gasteiger partial charge is 0.231 e. The van der Waals surface area contributed by atoms with Gasteiger partial charge in [-0.3, -0.25) is 9.78 Å². The van der Waals surface area contributed by atoms with Crippen LogP contribution in [0.3, 0.4) is 0 Å². The van der Waals surface area contributed by atoms with Gasteiger partial charge in [0.05, 0.1) is 11.7 Å². The minimum Gasteiger partial charge on any atom is -0.454 e. The maximum absolute atomic E-state index is 13.2. The Labute approximate surface area is 204 Å². The summed E-state index contributed by atoms with van der Waals surface area (Å²) in [4.78, 5) is 20.1. The van der Waals surface area contributed by atoms with Crippen LogP contribution in [-0.2, 0) is 11.2 Å². The van der Waals surface area contributed by atoms with Gasteiger partial charge in [-0.25, -0.2) is 0 Å². The van der Waals surface area contributed by atoms with Crippen LogP contribution in [0, 0.1) is 5.92 Å². The first kappa shape index (κ1) is 22.7. The lowest BCUT2D eigenvalue weighted by Gasteiger charge is -2.32. The zero-order valence-corrected chi connectivity index (χ0v) is 19.7. The second kappa shape index (κ2) is 10.5. The molecule has 1 N–H and O–H groups in total. The van der Waals surface area contributed by atoms with Crippen LogP contribution in [0.25, 0.3) is 0 Å². The first-order valence-electron chi connectivity index (χ1n) is 11.7. The summed E-state index contributed by atoms with van der Waals surface area (Å²) >= 11 is 6.07. The summed E-state index contributed by atoms with van der Waals surface area (Å²) < 4.78 is 10.9. The van der Waals surface area contributed by atoms with E-state index in [-0.39, 0.29) is 17.9 Å². The maximum atomic E-state index is 13.2. The fourth-order valence-corrected chi connectivity index (χ4v) is 4.72. The minimum absolute atomic E-state index is 0.000283. The van der Waals surface area contributed by atoms with E-state index in [2.05, 4.69) is 27.3 Å². The summed E-state index contributed by atoms with van der Waals surface area (Å²) in [5, 5.41) is 3.92. The third-order valence-electron chi connectivity index (χ3n) is 6.59. The fraction of sp³-hybridized carbons (Fsp3) is 0.333. The number of hydrogen-bond donors (Lipinski definition) is 1. The molecule has 176 valence electrons. The van der Waals surface area contributed by atoms with Crippen LogP contribution in [0.1, 0.15) is 35.7 Å². The zero-order chi connectivity index (χ0) is 23.3. The second-order valence-corrected chi connectivity index (χ2v) is 9.24. The van der Waals surface area contributed by atoms with Gasteiger partial charge >= 0.3 is 0 Å². The molecule has 1 amide bonds. The number of amides is 1. The Morgan fingerprint density at radius 3 is 2.62 bits per heavy atom. The van der Waals surface area contributed by atoms with Gasteiger partial charge in [0.15, 0.2) is 11.5 Å². The molecule has 3 heterocycles. The predicted molar refractivity (Wildman–Crippen MR) is 131 cm³/mol. The van der Waals surface area contributed by atoms with Crippen LogP contribution in [0.5, 0.6) is 11.5 Å². The standard InChI is InChI=1S/C27H28ClN3O3/c28-22-7-5-20(6-8-22)26(23-3-1-2-13-29-23)30-27(32)21-11-15-31(16-12-21)14-10-19-4-9-24-25(17-19)34-18-33-24/h1-9,13,17,21,26H,10-12,14-16,18H2,(H,30,32). The second-order valence-electron chi connectivity index (χ2n) is 8.80. The van der Waals surface area contributed by atoms with Gasteiger partial charge in [-0.05, 0) is 79.9 Å². The molecule has 1 fully saturated rings. The Balaban J connectivity index is 1.16. The normalized spacial score (nSPS) is 16.9. The fourth-order valence-electron chi connectivity index (χ4n) is 4.59. The molecule has 0 bridgehead atoms. The van der Waals surface area contributed by atoms with Gasteiger partial charge in [0.2, 0.25) is 12.7 Å². The van der Waals surface area contributed by atoms with E-state index in [1.165, 1.54) is 5.56 Å². The molecule has 0 aliphatic carbocycles. The Kier molecular flexibility index (Phi) is 6.97. The van der Waals surface area contributed by atoms with Crippen molar-refractivity contribution in [3.8, 4) is 11.5 Å². The molecule has 1 unspecified atom stereocenters. The highest BCUT2D eigenvalue weighted by atomic mass is 35.5. The highest BCUT2D eigenvalue weighted by Crippen LogP contribution is 2.32. The van der Waals surface area contributed by atoms with E-state index in [0.29, 0.717) is 11.8 Å². The molecule has 0 radical (unpaired) electrons. The number of fused-ring (bicyclic) bond motifs is 1. The number of pyridine rings is 1. The lowest BCUT2D eigenvalue weighted by Crippen LogP contribution is -2.42. The van der Waals surface area contributed by atoms with Gasteiger partial charge < -0.3 is 19.7 Å². The summed E-state index contributed by atoms with van der Waals surface area (Å²) in [6.45, 7) is 3.10. The lowest BCUT2D eigenvalue weighted by atomic mass is 9.94. The van der Waals surface area contributed by atoms with Crippen molar-refractivity contribution in [1.82, 2.24) is 15.2 Å². The number of nitrogens with one attached hydrogen (secondary N) is 1. The number of carbonyl (C=O) groups excluding carboxylic acids is 1. The van der Waals surface area contributed by atoms with E-state index >= 15 is 0 Å². The number of nitrogens with zero attached hydrogens (tertiary/aromatic N) is 2. The topological polar surface area (TPSA) is 63.7 Å². The van der Waals surface area contributed by atoms with Crippen LogP contribution in [0.4, 0.5) is 0 Å². The Morgan fingerprint density at radius 2 is 1.85 bits per heavy atom. The summed E-state index contributed by atoms with van der Waals surface area (Å²) in [7, 11) is 0. The molecule has 1 saturated heterocycles. The van der Waals surface area contributed by atoms with Crippen LogP contribution in [-0.4, -0.2) is 42.2 Å². The van der Waals surface area contributed by atoms with Crippen molar-refractivity contribution in [1.29, 1.82) is 0 Å². The number of likely N-dealkylation sites (tertiary alicyclic amines) is 1. The van der Waals surface area contributed by atoms with E-state index in [0.717, 1.165) is 61.7 Å². The van der Waals surface area contributed by atoms with E-state index in [1.807, 2.05) is 48.5 Å².